The molecule has 7 rings (SSSR count). The summed E-state index contributed by atoms with van der Waals surface area (Å²) in [5.41, 5.74) is 7.49. The lowest BCUT2D eigenvalue weighted by atomic mass is 9.47. The Morgan fingerprint density at radius 3 is 2.12 bits per heavy atom. The molecular formula is C30H39NO. The topological polar surface area (TPSA) is 21.3 Å². The third kappa shape index (κ3) is 3.55. The largest absolute Gasteiger partial charge is 0.470 e. The van der Waals surface area contributed by atoms with Gasteiger partial charge in [-0.1, -0.05) is 50.6 Å². The first-order chi connectivity index (χ1) is 15.3. The highest BCUT2D eigenvalue weighted by Gasteiger charge is 2.53. The van der Waals surface area contributed by atoms with Gasteiger partial charge in [-0.3, -0.25) is 0 Å². The van der Waals surface area contributed by atoms with E-state index in [0.29, 0.717) is 5.41 Å². The summed E-state index contributed by atoms with van der Waals surface area (Å²) in [5.74, 6) is 4.07. The average molecular weight is 430 g/mol. The lowest BCUT2D eigenvalue weighted by molar-refractivity contribution is -0.00717. The SMILES string of the molecule is Cc1ccc(NC2CCc3cc(C(C)(C)C)cc(C45CC6CC(CC(C6)C4)C5)c3O2)cc1. The van der Waals surface area contributed by atoms with Gasteiger partial charge >= 0.3 is 0 Å². The molecule has 1 N–H and O–H groups in total. The molecular weight excluding hydrogens is 390 g/mol. The number of rotatable bonds is 3. The van der Waals surface area contributed by atoms with Gasteiger partial charge in [-0.25, -0.2) is 0 Å². The molecule has 2 heteroatoms. The second kappa shape index (κ2) is 7.27. The van der Waals surface area contributed by atoms with E-state index in [2.05, 4.69) is 69.4 Å². The Morgan fingerprint density at radius 2 is 1.53 bits per heavy atom. The third-order valence-corrected chi connectivity index (χ3v) is 8.96. The predicted molar refractivity (Wildman–Crippen MR) is 133 cm³/mol. The molecule has 2 nitrogen and oxygen atoms in total. The van der Waals surface area contributed by atoms with Gasteiger partial charge in [-0.05, 0) is 104 Å². The van der Waals surface area contributed by atoms with Crippen LogP contribution < -0.4 is 10.1 Å². The minimum Gasteiger partial charge on any atom is -0.470 e. The monoisotopic (exact) mass is 429 g/mol. The third-order valence-electron chi connectivity index (χ3n) is 8.96. The first-order valence-corrected chi connectivity index (χ1v) is 13.0. The first-order valence-electron chi connectivity index (χ1n) is 13.0. The molecule has 4 fully saturated rings. The number of anilines is 1. The van der Waals surface area contributed by atoms with Crippen LogP contribution in [-0.4, -0.2) is 6.23 Å². The van der Waals surface area contributed by atoms with E-state index in [1.165, 1.54) is 61.0 Å². The van der Waals surface area contributed by atoms with Gasteiger partial charge in [0.05, 0.1) is 0 Å². The summed E-state index contributed by atoms with van der Waals surface area (Å²) in [5, 5.41) is 3.67. The van der Waals surface area contributed by atoms with Crippen molar-refractivity contribution in [2.75, 3.05) is 5.32 Å². The zero-order valence-corrected chi connectivity index (χ0v) is 20.3. The molecule has 2 aromatic rings. The Bertz CT molecular complexity index is 977. The standard InChI is InChI=1S/C30H39NO/c1-19-5-8-25(9-6-19)31-27-10-7-23-14-24(29(2,3)4)15-26(28(23)32-27)30-16-20-11-21(17-30)13-22(12-20)18-30/h5-6,8-9,14-15,20-22,27,31H,7,10-13,16-18H2,1-4H3. The summed E-state index contributed by atoms with van der Waals surface area (Å²) >= 11 is 0. The van der Waals surface area contributed by atoms with Crippen LogP contribution in [0.2, 0.25) is 0 Å². The molecule has 1 aliphatic heterocycles. The van der Waals surface area contributed by atoms with Gasteiger partial charge in [0.1, 0.15) is 5.75 Å². The Hall–Kier alpha value is -1.96. The molecule has 1 atom stereocenters. The van der Waals surface area contributed by atoms with Gasteiger partial charge < -0.3 is 10.1 Å². The molecule has 1 heterocycles. The van der Waals surface area contributed by atoms with Crippen molar-refractivity contribution in [3.8, 4) is 5.75 Å². The van der Waals surface area contributed by atoms with Crippen molar-refractivity contribution < 1.29 is 4.74 Å². The summed E-state index contributed by atoms with van der Waals surface area (Å²) in [6.07, 6.45) is 10.8. The normalized spacial score (nSPS) is 33.0. The summed E-state index contributed by atoms with van der Waals surface area (Å²) < 4.78 is 6.84. The number of hydrogen-bond acceptors (Lipinski definition) is 2. The van der Waals surface area contributed by atoms with Crippen molar-refractivity contribution in [3.63, 3.8) is 0 Å². The van der Waals surface area contributed by atoms with Gasteiger partial charge in [0, 0.05) is 17.7 Å². The summed E-state index contributed by atoms with van der Waals surface area (Å²) in [4.78, 5) is 0. The maximum absolute atomic E-state index is 6.84. The van der Waals surface area contributed by atoms with Crippen LogP contribution in [0.3, 0.4) is 0 Å². The first kappa shape index (κ1) is 20.6. The van der Waals surface area contributed by atoms with Gasteiger partial charge in [0.2, 0.25) is 0 Å². The zero-order chi connectivity index (χ0) is 22.1. The van der Waals surface area contributed by atoms with Crippen molar-refractivity contribution in [3.05, 3.63) is 58.7 Å². The molecule has 4 bridgehead atoms. The Labute approximate surface area is 194 Å². The Kier molecular flexibility index (Phi) is 4.69. The number of fused-ring (bicyclic) bond motifs is 1. The molecule has 2 aromatic carbocycles. The molecule has 0 saturated heterocycles. The van der Waals surface area contributed by atoms with Crippen LogP contribution in [0.4, 0.5) is 5.69 Å². The second-order valence-corrected chi connectivity index (χ2v) is 12.6. The maximum atomic E-state index is 6.84. The highest BCUT2D eigenvalue weighted by atomic mass is 16.5. The van der Waals surface area contributed by atoms with Crippen LogP contribution in [0.15, 0.2) is 36.4 Å². The number of ether oxygens (including phenoxy) is 1. The molecule has 5 aliphatic rings. The molecule has 4 aliphatic carbocycles. The molecule has 170 valence electrons. The van der Waals surface area contributed by atoms with E-state index >= 15 is 0 Å². The van der Waals surface area contributed by atoms with Crippen LogP contribution in [0.5, 0.6) is 5.75 Å². The van der Waals surface area contributed by atoms with E-state index in [0.717, 1.165) is 36.3 Å². The molecule has 0 amide bonds. The van der Waals surface area contributed by atoms with Crippen molar-refractivity contribution >= 4 is 5.69 Å². The Morgan fingerprint density at radius 1 is 0.906 bits per heavy atom. The molecule has 32 heavy (non-hydrogen) atoms. The summed E-state index contributed by atoms with van der Waals surface area (Å²) in [6.45, 7) is 9.23. The number of hydrogen-bond donors (Lipinski definition) is 1. The van der Waals surface area contributed by atoms with Gasteiger partial charge in [-0.2, -0.15) is 0 Å². The lowest BCUT2D eigenvalue weighted by Crippen LogP contribution is -2.49. The minimum absolute atomic E-state index is 0.0540. The van der Waals surface area contributed by atoms with Gasteiger partial charge in [-0.15, -0.1) is 0 Å². The van der Waals surface area contributed by atoms with Gasteiger partial charge in [0.15, 0.2) is 6.23 Å². The minimum atomic E-state index is 0.0540. The fraction of sp³-hybridized carbons (Fsp3) is 0.600. The number of benzene rings is 2. The van der Waals surface area contributed by atoms with E-state index in [4.69, 9.17) is 4.74 Å². The molecule has 0 aromatic heterocycles. The lowest BCUT2D eigenvalue weighted by Gasteiger charge is -2.57. The highest BCUT2D eigenvalue weighted by Crippen LogP contribution is 2.62. The van der Waals surface area contributed by atoms with Crippen LogP contribution in [0, 0.1) is 24.7 Å². The van der Waals surface area contributed by atoms with Crippen LogP contribution in [-0.2, 0) is 17.3 Å². The number of aryl methyl sites for hydroxylation is 2. The van der Waals surface area contributed by atoms with E-state index in [1.807, 2.05) is 0 Å². The second-order valence-electron chi connectivity index (χ2n) is 12.6. The van der Waals surface area contributed by atoms with Gasteiger partial charge in [0.25, 0.3) is 0 Å². The van der Waals surface area contributed by atoms with E-state index in [9.17, 15) is 0 Å². The van der Waals surface area contributed by atoms with E-state index in [-0.39, 0.29) is 11.6 Å². The van der Waals surface area contributed by atoms with Crippen LogP contribution in [0.1, 0.15) is 88.0 Å². The van der Waals surface area contributed by atoms with Crippen molar-refractivity contribution in [1.82, 2.24) is 0 Å². The molecule has 0 spiro atoms. The summed E-state index contributed by atoms with van der Waals surface area (Å²) in [7, 11) is 0. The van der Waals surface area contributed by atoms with E-state index < -0.39 is 0 Å². The maximum Gasteiger partial charge on any atom is 0.170 e. The Balaban J connectivity index is 1.39. The van der Waals surface area contributed by atoms with Crippen molar-refractivity contribution in [2.24, 2.45) is 17.8 Å². The number of nitrogens with one attached hydrogen (secondary N) is 1. The predicted octanol–water partition coefficient (Wildman–Crippen LogP) is 7.52. The molecule has 1 unspecified atom stereocenters. The molecule has 0 radical (unpaired) electrons. The quantitative estimate of drug-likeness (QED) is 0.544. The fourth-order valence-corrected chi connectivity index (χ4v) is 7.71. The van der Waals surface area contributed by atoms with E-state index in [1.54, 1.807) is 5.56 Å². The zero-order valence-electron chi connectivity index (χ0n) is 20.3. The molecule has 4 saturated carbocycles. The van der Waals surface area contributed by atoms with Crippen LogP contribution in [0.25, 0.3) is 0 Å². The fourth-order valence-electron chi connectivity index (χ4n) is 7.71. The van der Waals surface area contributed by atoms with Crippen molar-refractivity contribution in [1.29, 1.82) is 0 Å². The smallest absolute Gasteiger partial charge is 0.170 e. The average Bonchev–Trinajstić information content (AvgIpc) is 2.73. The summed E-state index contributed by atoms with van der Waals surface area (Å²) in [6, 6.07) is 13.7. The van der Waals surface area contributed by atoms with Crippen molar-refractivity contribution in [2.45, 2.75) is 96.1 Å². The highest BCUT2D eigenvalue weighted by molar-refractivity contribution is 5.53. The van der Waals surface area contributed by atoms with Crippen LogP contribution >= 0.6 is 0 Å².